The van der Waals surface area contributed by atoms with Crippen molar-refractivity contribution in [2.45, 2.75) is 25.8 Å². The molecular weight excluding hydrogens is 359 g/mol. The van der Waals surface area contributed by atoms with Gasteiger partial charge in [0.2, 0.25) is 5.91 Å². The third-order valence-corrected chi connectivity index (χ3v) is 4.87. The maximum atomic E-state index is 13.4. The molecule has 0 fully saturated rings. The summed E-state index contributed by atoms with van der Waals surface area (Å²) in [5, 5.41) is 0.792. The summed E-state index contributed by atoms with van der Waals surface area (Å²) in [5.41, 5.74) is 2.36. The van der Waals surface area contributed by atoms with Gasteiger partial charge in [-0.05, 0) is 35.7 Å². The number of amides is 1. The molecule has 0 bridgehead atoms. The number of nitrogens with one attached hydrogen (secondary N) is 1. The number of nitrogens with zero attached hydrogens (tertiary/aromatic N) is 1. The first kappa shape index (κ1) is 19.6. The highest BCUT2D eigenvalue weighted by Crippen LogP contribution is 2.26. The zero-order chi connectivity index (χ0) is 20.1. The molecule has 6 heteroatoms. The van der Waals surface area contributed by atoms with Crippen molar-refractivity contribution in [1.29, 1.82) is 0 Å². The molecule has 1 N–H and O–H groups in total. The molecule has 3 rings (SSSR count). The van der Waals surface area contributed by atoms with Gasteiger partial charge in [0.25, 0.3) is 0 Å². The number of fused-ring (bicyclic) bond motifs is 1. The van der Waals surface area contributed by atoms with Gasteiger partial charge < -0.3 is 14.6 Å². The first-order valence-corrected chi connectivity index (χ1v) is 9.20. The van der Waals surface area contributed by atoms with Crippen LogP contribution in [0, 0.1) is 5.82 Å². The van der Waals surface area contributed by atoms with Gasteiger partial charge in [0.15, 0.2) is 0 Å². The highest BCUT2D eigenvalue weighted by Gasteiger charge is 2.27. The Morgan fingerprint density at radius 3 is 2.61 bits per heavy atom. The molecule has 3 aromatic rings. The van der Waals surface area contributed by atoms with E-state index in [-0.39, 0.29) is 30.7 Å². The second-order valence-electron chi connectivity index (χ2n) is 6.61. The SMILES string of the molecule is CC[C@@H](c1ccccc1)N(CC(=O)OC)C(=O)Cc1c[nH]c2cc(F)ccc12. The number of halogens is 1. The molecule has 28 heavy (non-hydrogen) atoms. The lowest BCUT2D eigenvalue weighted by atomic mass is 10.0. The first-order chi connectivity index (χ1) is 13.5. The van der Waals surface area contributed by atoms with Crippen molar-refractivity contribution < 1.29 is 18.7 Å². The fourth-order valence-corrected chi connectivity index (χ4v) is 3.46. The lowest BCUT2D eigenvalue weighted by Gasteiger charge is -2.31. The van der Waals surface area contributed by atoms with Gasteiger partial charge in [-0.25, -0.2) is 4.39 Å². The Morgan fingerprint density at radius 2 is 1.93 bits per heavy atom. The molecule has 0 spiro atoms. The number of methoxy groups -OCH3 is 1. The first-order valence-electron chi connectivity index (χ1n) is 9.20. The van der Waals surface area contributed by atoms with E-state index in [4.69, 9.17) is 4.74 Å². The van der Waals surface area contributed by atoms with Crippen LogP contribution in [0.25, 0.3) is 10.9 Å². The van der Waals surface area contributed by atoms with Crippen LogP contribution in [0.15, 0.2) is 54.7 Å². The minimum Gasteiger partial charge on any atom is -0.468 e. The fraction of sp³-hybridized carbons (Fsp3) is 0.273. The average molecular weight is 382 g/mol. The Morgan fingerprint density at radius 1 is 1.18 bits per heavy atom. The number of aromatic nitrogens is 1. The normalized spacial score (nSPS) is 12.0. The topological polar surface area (TPSA) is 62.4 Å². The van der Waals surface area contributed by atoms with E-state index in [0.717, 1.165) is 16.5 Å². The van der Waals surface area contributed by atoms with Crippen LogP contribution in [0.5, 0.6) is 0 Å². The molecule has 1 atom stereocenters. The summed E-state index contributed by atoms with van der Waals surface area (Å²) in [7, 11) is 1.31. The number of aromatic amines is 1. The maximum absolute atomic E-state index is 13.4. The molecule has 1 heterocycles. The highest BCUT2D eigenvalue weighted by molar-refractivity contribution is 5.90. The molecule has 1 amide bonds. The van der Waals surface area contributed by atoms with Gasteiger partial charge in [0.1, 0.15) is 12.4 Å². The summed E-state index contributed by atoms with van der Waals surface area (Å²) < 4.78 is 18.2. The minimum absolute atomic E-state index is 0.103. The molecule has 1 aromatic heterocycles. The standard InChI is InChI=1S/C22H23FN2O3/c1-3-20(15-7-5-4-6-8-15)25(14-22(27)28-2)21(26)11-16-13-24-19-12-17(23)9-10-18(16)19/h4-10,12-13,20,24H,3,11,14H2,1-2H3/t20-/m0/s1. The van der Waals surface area contributed by atoms with Crippen LogP contribution < -0.4 is 0 Å². The van der Waals surface area contributed by atoms with Crippen molar-refractivity contribution in [2.75, 3.05) is 13.7 Å². The summed E-state index contributed by atoms with van der Waals surface area (Å²) >= 11 is 0. The number of carbonyl (C=O) groups is 2. The number of rotatable bonds is 7. The molecule has 0 radical (unpaired) electrons. The largest absolute Gasteiger partial charge is 0.468 e. The molecule has 0 unspecified atom stereocenters. The molecule has 0 aliphatic heterocycles. The van der Waals surface area contributed by atoms with Crippen LogP contribution in [-0.4, -0.2) is 35.4 Å². The van der Waals surface area contributed by atoms with Gasteiger partial charge >= 0.3 is 5.97 Å². The third-order valence-electron chi connectivity index (χ3n) is 4.87. The van der Waals surface area contributed by atoms with Crippen molar-refractivity contribution in [3.8, 4) is 0 Å². The second-order valence-corrected chi connectivity index (χ2v) is 6.61. The van der Waals surface area contributed by atoms with Crippen molar-refractivity contribution in [2.24, 2.45) is 0 Å². The molecule has 5 nitrogen and oxygen atoms in total. The number of carbonyl (C=O) groups excluding carboxylic acids is 2. The van der Waals surface area contributed by atoms with Gasteiger partial charge in [-0.2, -0.15) is 0 Å². The minimum atomic E-state index is -0.469. The van der Waals surface area contributed by atoms with Crippen molar-refractivity contribution >= 4 is 22.8 Å². The third kappa shape index (κ3) is 4.22. The van der Waals surface area contributed by atoms with E-state index < -0.39 is 5.97 Å². The van der Waals surface area contributed by atoms with Gasteiger partial charge in [-0.3, -0.25) is 9.59 Å². The van der Waals surface area contributed by atoms with Crippen LogP contribution >= 0.6 is 0 Å². The second kappa shape index (κ2) is 8.69. The smallest absolute Gasteiger partial charge is 0.325 e. The molecular formula is C22H23FN2O3. The fourth-order valence-electron chi connectivity index (χ4n) is 3.46. The molecule has 146 valence electrons. The van der Waals surface area contributed by atoms with Crippen molar-refractivity contribution in [1.82, 2.24) is 9.88 Å². The number of hydrogen-bond donors (Lipinski definition) is 1. The molecule has 0 saturated carbocycles. The van der Waals surface area contributed by atoms with E-state index in [9.17, 15) is 14.0 Å². The van der Waals surface area contributed by atoms with E-state index in [1.807, 2.05) is 37.3 Å². The van der Waals surface area contributed by atoms with Gasteiger partial charge in [-0.1, -0.05) is 37.3 Å². The lowest BCUT2D eigenvalue weighted by molar-refractivity contribution is -0.148. The van der Waals surface area contributed by atoms with Crippen LogP contribution in [0.2, 0.25) is 0 Å². The van der Waals surface area contributed by atoms with Crippen molar-refractivity contribution in [3.05, 3.63) is 71.7 Å². The Hall–Kier alpha value is -3.15. The van der Waals surface area contributed by atoms with Crippen LogP contribution in [0.4, 0.5) is 4.39 Å². The quantitative estimate of drug-likeness (QED) is 0.628. The Labute approximate surface area is 163 Å². The summed E-state index contributed by atoms with van der Waals surface area (Å²) in [4.78, 5) is 29.7. The summed E-state index contributed by atoms with van der Waals surface area (Å²) in [6.45, 7) is 1.85. The summed E-state index contributed by atoms with van der Waals surface area (Å²) in [5.74, 6) is -0.996. The van der Waals surface area contributed by atoms with E-state index in [1.54, 1.807) is 17.2 Å². The van der Waals surface area contributed by atoms with Gasteiger partial charge in [0.05, 0.1) is 19.6 Å². The molecule has 0 aliphatic carbocycles. The van der Waals surface area contributed by atoms with Gasteiger partial charge in [-0.15, -0.1) is 0 Å². The van der Waals surface area contributed by atoms with Crippen LogP contribution in [0.3, 0.4) is 0 Å². The molecule has 0 saturated heterocycles. The average Bonchev–Trinajstić information content (AvgIpc) is 3.10. The Bertz CT molecular complexity index is 968. The van der Waals surface area contributed by atoms with E-state index in [0.29, 0.717) is 11.9 Å². The number of esters is 1. The van der Waals surface area contributed by atoms with E-state index in [2.05, 4.69) is 4.98 Å². The van der Waals surface area contributed by atoms with Crippen LogP contribution in [0.1, 0.15) is 30.5 Å². The zero-order valence-corrected chi connectivity index (χ0v) is 15.9. The highest BCUT2D eigenvalue weighted by atomic mass is 19.1. The van der Waals surface area contributed by atoms with Crippen molar-refractivity contribution in [3.63, 3.8) is 0 Å². The van der Waals surface area contributed by atoms with Crippen LogP contribution in [-0.2, 0) is 20.7 Å². The predicted molar refractivity (Wildman–Crippen MR) is 105 cm³/mol. The zero-order valence-electron chi connectivity index (χ0n) is 15.9. The number of hydrogen-bond acceptors (Lipinski definition) is 3. The number of benzene rings is 2. The van der Waals surface area contributed by atoms with E-state index >= 15 is 0 Å². The molecule has 2 aromatic carbocycles. The maximum Gasteiger partial charge on any atom is 0.325 e. The summed E-state index contributed by atoms with van der Waals surface area (Å²) in [6, 6.07) is 13.8. The van der Waals surface area contributed by atoms with Gasteiger partial charge in [0, 0.05) is 17.1 Å². The molecule has 0 aliphatic rings. The lowest BCUT2D eigenvalue weighted by Crippen LogP contribution is -2.40. The monoisotopic (exact) mass is 382 g/mol. The number of H-pyrrole nitrogens is 1. The Kier molecular flexibility index (Phi) is 6.09. The Balaban J connectivity index is 1.90. The number of ether oxygens (including phenoxy) is 1. The summed E-state index contributed by atoms with van der Waals surface area (Å²) in [6.07, 6.45) is 2.47. The predicted octanol–water partition coefficient (Wildman–Crippen LogP) is 4.00. The van der Waals surface area contributed by atoms with E-state index in [1.165, 1.54) is 19.2 Å².